The Balaban J connectivity index is 1.63. The molecule has 0 aliphatic carbocycles. The van der Waals surface area contributed by atoms with Crippen LogP contribution in [0.3, 0.4) is 0 Å². The highest BCUT2D eigenvalue weighted by Gasteiger charge is 2.24. The number of esters is 1. The number of hydrogen-bond acceptors (Lipinski definition) is 7. The van der Waals surface area contributed by atoms with Gasteiger partial charge in [-0.2, -0.15) is 0 Å². The maximum Gasteiger partial charge on any atom is 0.409 e. The standard InChI is InChI=1S/C23H32N2O7/c1-3-15-31-19-7-5-17(6-8-19)20(26)9-10-22(28)32-16-21(27)24-18-11-13-25(14-12-18)23(29)30-4-2/h5-8,18H,3-4,9-16H2,1-2H3,(H,24,27). The van der Waals surface area contributed by atoms with Crippen molar-refractivity contribution >= 4 is 23.8 Å². The summed E-state index contributed by atoms with van der Waals surface area (Å²) in [5.74, 6) is -0.488. The first kappa shape index (κ1) is 25.2. The first-order valence-electron chi connectivity index (χ1n) is 11.1. The molecule has 9 nitrogen and oxygen atoms in total. The van der Waals surface area contributed by atoms with Crippen LogP contribution < -0.4 is 10.1 Å². The van der Waals surface area contributed by atoms with Crippen LogP contribution in [0.1, 0.15) is 56.3 Å². The van der Waals surface area contributed by atoms with Crippen LogP contribution in [-0.2, 0) is 19.1 Å². The van der Waals surface area contributed by atoms with Gasteiger partial charge in [0.15, 0.2) is 12.4 Å². The van der Waals surface area contributed by atoms with Crippen LogP contribution in [0, 0.1) is 0 Å². The quantitative estimate of drug-likeness (QED) is 0.409. The van der Waals surface area contributed by atoms with Crippen LogP contribution in [-0.4, -0.2) is 67.6 Å². The summed E-state index contributed by atoms with van der Waals surface area (Å²) in [6.07, 6.45) is 1.67. The predicted molar refractivity (Wildman–Crippen MR) is 117 cm³/mol. The molecule has 1 aliphatic heterocycles. The number of ether oxygens (including phenoxy) is 3. The van der Waals surface area contributed by atoms with Crippen LogP contribution in [0.25, 0.3) is 0 Å². The van der Waals surface area contributed by atoms with E-state index in [9.17, 15) is 19.2 Å². The van der Waals surface area contributed by atoms with Crippen LogP contribution in [0.15, 0.2) is 24.3 Å². The summed E-state index contributed by atoms with van der Waals surface area (Å²) in [6.45, 7) is 5.30. The average molecular weight is 449 g/mol. The number of likely N-dealkylation sites (tertiary alicyclic amines) is 1. The van der Waals surface area contributed by atoms with E-state index in [0.29, 0.717) is 50.5 Å². The van der Waals surface area contributed by atoms with Crippen molar-refractivity contribution < 1.29 is 33.4 Å². The molecule has 0 saturated carbocycles. The van der Waals surface area contributed by atoms with Crippen LogP contribution in [0.4, 0.5) is 4.79 Å². The highest BCUT2D eigenvalue weighted by molar-refractivity contribution is 5.97. The van der Waals surface area contributed by atoms with Gasteiger partial charge in [-0.05, 0) is 50.5 Å². The van der Waals surface area contributed by atoms with Gasteiger partial charge >= 0.3 is 12.1 Å². The molecule has 1 saturated heterocycles. The molecule has 2 rings (SSSR count). The zero-order valence-corrected chi connectivity index (χ0v) is 18.8. The molecule has 0 bridgehead atoms. The minimum atomic E-state index is -0.603. The first-order valence-corrected chi connectivity index (χ1v) is 11.1. The normalized spacial score (nSPS) is 13.9. The van der Waals surface area contributed by atoms with E-state index in [1.54, 1.807) is 36.1 Å². The number of hydrogen-bond donors (Lipinski definition) is 1. The molecule has 0 atom stereocenters. The Kier molecular flexibility index (Phi) is 10.5. The number of Topliss-reactive ketones (excluding diaryl/α,β-unsaturated/α-hetero) is 1. The number of nitrogens with zero attached hydrogens (tertiary/aromatic N) is 1. The van der Waals surface area contributed by atoms with Gasteiger partial charge in [0, 0.05) is 31.1 Å². The van der Waals surface area contributed by atoms with Crippen molar-refractivity contribution in [3.8, 4) is 5.75 Å². The Bertz CT molecular complexity index is 771. The van der Waals surface area contributed by atoms with Crippen molar-refractivity contribution in [2.45, 2.75) is 52.0 Å². The fourth-order valence-electron chi connectivity index (χ4n) is 3.23. The van der Waals surface area contributed by atoms with Crippen molar-refractivity contribution in [2.75, 3.05) is 32.9 Å². The molecule has 1 aliphatic rings. The van der Waals surface area contributed by atoms with Gasteiger partial charge in [0.25, 0.3) is 5.91 Å². The molecule has 32 heavy (non-hydrogen) atoms. The highest BCUT2D eigenvalue weighted by atomic mass is 16.6. The monoisotopic (exact) mass is 448 g/mol. The topological polar surface area (TPSA) is 111 Å². The molecule has 1 aromatic rings. The number of benzene rings is 1. The molecule has 2 amide bonds. The second-order valence-corrected chi connectivity index (χ2v) is 7.48. The smallest absolute Gasteiger partial charge is 0.409 e. The van der Waals surface area contributed by atoms with Gasteiger partial charge in [0.1, 0.15) is 5.75 Å². The molecule has 1 fully saturated rings. The van der Waals surface area contributed by atoms with Crippen LogP contribution >= 0.6 is 0 Å². The molecule has 0 spiro atoms. The number of ketones is 1. The number of carbonyl (C=O) groups is 4. The minimum absolute atomic E-state index is 0.00192. The SMILES string of the molecule is CCCOc1ccc(C(=O)CCC(=O)OCC(=O)NC2CCN(C(=O)OCC)CC2)cc1. The number of nitrogens with one attached hydrogen (secondary N) is 1. The molecule has 0 radical (unpaired) electrons. The summed E-state index contributed by atoms with van der Waals surface area (Å²) < 4.78 is 15.4. The molecule has 1 N–H and O–H groups in total. The van der Waals surface area contributed by atoms with Gasteiger partial charge in [-0.15, -0.1) is 0 Å². The van der Waals surface area contributed by atoms with Gasteiger partial charge < -0.3 is 24.4 Å². The maximum absolute atomic E-state index is 12.2. The average Bonchev–Trinajstić information content (AvgIpc) is 2.80. The van der Waals surface area contributed by atoms with Crippen LogP contribution in [0.5, 0.6) is 5.75 Å². The molecule has 1 heterocycles. The van der Waals surface area contributed by atoms with Crippen molar-refractivity contribution in [3.05, 3.63) is 29.8 Å². The van der Waals surface area contributed by atoms with Gasteiger partial charge in [-0.1, -0.05) is 6.92 Å². The predicted octanol–water partition coefficient (Wildman–Crippen LogP) is 2.72. The van der Waals surface area contributed by atoms with Gasteiger partial charge in [0.2, 0.25) is 0 Å². The zero-order chi connectivity index (χ0) is 23.3. The summed E-state index contributed by atoms with van der Waals surface area (Å²) in [5.41, 5.74) is 0.494. The Hall–Kier alpha value is -3.10. The fraction of sp³-hybridized carbons (Fsp3) is 0.565. The Morgan fingerprint density at radius 2 is 1.69 bits per heavy atom. The van der Waals surface area contributed by atoms with Gasteiger partial charge in [0.05, 0.1) is 19.6 Å². The van der Waals surface area contributed by atoms with E-state index in [2.05, 4.69) is 5.32 Å². The van der Waals surface area contributed by atoms with Crippen molar-refractivity contribution in [2.24, 2.45) is 0 Å². The third kappa shape index (κ3) is 8.56. The molecule has 0 unspecified atom stereocenters. The van der Waals surface area contributed by atoms with E-state index in [4.69, 9.17) is 14.2 Å². The van der Waals surface area contributed by atoms with Crippen molar-refractivity contribution in [3.63, 3.8) is 0 Å². The van der Waals surface area contributed by atoms with E-state index in [-0.39, 0.29) is 30.8 Å². The molecule has 176 valence electrons. The maximum atomic E-state index is 12.2. The lowest BCUT2D eigenvalue weighted by atomic mass is 10.1. The Morgan fingerprint density at radius 3 is 2.31 bits per heavy atom. The summed E-state index contributed by atoms with van der Waals surface area (Å²) in [5, 5.41) is 2.80. The molecule has 0 aromatic heterocycles. The van der Waals surface area contributed by atoms with Crippen LogP contribution in [0.2, 0.25) is 0 Å². The fourth-order valence-corrected chi connectivity index (χ4v) is 3.23. The Morgan fingerprint density at radius 1 is 1.00 bits per heavy atom. The Labute approximate surface area is 188 Å². The lowest BCUT2D eigenvalue weighted by Crippen LogP contribution is -2.47. The summed E-state index contributed by atoms with van der Waals surface area (Å²) in [7, 11) is 0. The van der Waals surface area contributed by atoms with E-state index in [0.717, 1.165) is 6.42 Å². The number of rotatable bonds is 11. The summed E-state index contributed by atoms with van der Waals surface area (Å²) in [6, 6.07) is 6.70. The summed E-state index contributed by atoms with van der Waals surface area (Å²) >= 11 is 0. The van der Waals surface area contributed by atoms with E-state index < -0.39 is 18.5 Å². The summed E-state index contributed by atoms with van der Waals surface area (Å²) in [4.78, 5) is 49.4. The third-order valence-corrected chi connectivity index (χ3v) is 4.96. The minimum Gasteiger partial charge on any atom is -0.494 e. The first-order chi connectivity index (χ1) is 15.4. The largest absolute Gasteiger partial charge is 0.494 e. The van der Waals surface area contributed by atoms with Gasteiger partial charge in [-0.25, -0.2) is 4.79 Å². The lowest BCUT2D eigenvalue weighted by molar-refractivity contribution is -0.148. The molecule has 1 aromatic carbocycles. The second-order valence-electron chi connectivity index (χ2n) is 7.48. The molecular weight excluding hydrogens is 416 g/mol. The number of amides is 2. The molecular formula is C23H32N2O7. The van der Waals surface area contributed by atoms with E-state index in [1.807, 2.05) is 6.92 Å². The van der Waals surface area contributed by atoms with E-state index >= 15 is 0 Å². The second kappa shape index (κ2) is 13.3. The number of piperidine rings is 1. The van der Waals surface area contributed by atoms with Gasteiger partial charge in [-0.3, -0.25) is 14.4 Å². The highest BCUT2D eigenvalue weighted by Crippen LogP contribution is 2.15. The lowest BCUT2D eigenvalue weighted by Gasteiger charge is -2.31. The third-order valence-electron chi connectivity index (χ3n) is 4.96. The number of carbonyl (C=O) groups excluding carboxylic acids is 4. The van der Waals surface area contributed by atoms with E-state index in [1.165, 1.54) is 0 Å². The van der Waals surface area contributed by atoms with Crippen molar-refractivity contribution in [1.82, 2.24) is 10.2 Å². The molecule has 9 heteroatoms. The van der Waals surface area contributed by atoms with Crippen molar-refractivity contribution in [1.29, 1.82) is 0 Å². The zero-order valence-electron chi connectivity index (χ0n) is 18.8.